The average molecular weight is 416 g/mol. The summed E-state index contributed by atoms with van der Waals surface area (Å²) < 4.78 is 6.68. The lowest BCUT2D eigenvalue weighted by molar-refractivity contribution is 0.0531. The van der Waals surface area contributed by atoms with Gasteiger partial charge in [0.25, 0.3) is 0 Å². The molecule has 0 aromatic heterocycles. The highest BCUT2D eigenvalue weighted by Gasteiger charge is 2.34. The van der Waals surface area contributed by atoms with Gasteiger partial charge in [-0.05, 0) is 67.6 Å². The van der Waals surface area contributed by atoms with Gasteiger partial charge in [-0.2, -0.15) is 0 Å². The Morgan fingerprint density at radius 2 is 1.81 bits per heavy atom. The van der Waals surface area contributed by atoms with Crippen molar-refractivity contribution in [1.82, 2.24) is 0 Å². The second-order valence-corrected chi connectivity index (χ2v) is 7.94. The molecule has 1 aliphatic heterocycles. The largest absolute Gasteiger partial charge is 0.381 e. The molecule has 1 heterocycles. The smallest absolute Gasteiger partial charge is 0.193 e. The molecule has 1 saturated heterocycles. The fraction of sp³-hybridized carbons (Fsp3) is 0.381. The molecule has 0 bridgehead atoms. The summed E-state index contributed by atoms with van der Waals surface area (Å²) in [5.74, 6) is 0.455. The van der Waals surface area contributed by atoms with Crippen molar-refractivity contribution in [2.75, 3.05) is 25.1 Å². The van der Waals surface area contributed by atoms with Crippen LogP contribution in [-0.4, -0.2) is 25.7 Å². The predicted octanol–water partition coefficient (Wildman–Crippen LogP) is 4.54. The van der Waals surface area contributed by atoms with Gasteiger partial charge in [0, 0.05) is 28.8 Å². The third-order valence-electron chi connectivity index (χ3n) is 5.24. The number of anilines is 1. The molecule has 5 heteroatoms. The quantitative estimate of drug-likeness (QED) is 0.568. The number of rotatable bonds is 4. The van der Waals surface area contributed by atoms with Crippen LogP contribution in [0, 0.1) is 13.8 Å². The molecule has 26 heavy (non-hydrogen) atoms. The van der Waals surface area contributed by atoms with E-state index < -0.39 is 0 Å². The minimum atomic E-state index is -0.0194. The van der Waals surface area contributed by atoms with E-state index in [1.807, 2.05) is 6.07 Å². The molecule has 4 nitrogen and oxygen atoms in total. The van der Waals surface area contributed by atoms with Gasteiger partial charge < -0.3 is 15.8 Å². The average Bonchev–Trinajstić information content (AvgIpc) is 2.64. The molecule has 0 radical (unpaired) electrons. The number of halogens is 1. The SMILES string of the molecule is Cc1ccc(NC(N)=NCC2(c3ccc(Br)cc3)CCOCC2)cc1C. The molecule has 0 spiro atoms. The number of hydrogen-bond donors (Lipinski definition) is 2. The lowest BCUT2D eigenvalue weighted by atomic mass is 9.74. The van der Waals surface area contributed by atoms with E-state index in [0.29, 0.717) is 12.5 Å². The molecule has 2 aromatic rings. The van der Waals surface area contributed by atoms with Crippen LogP contribution in [0.2, 0.25) is 0 Å². The van der Waals surface area contributed by atoms with Gasteiger partial charge in [0.05, 0.1) is 6.54 Å². The number of hydrogen-bond acceptors (Lipinski definition) is 2. The van der Waals surface area contributed by atoms with Crippen molar-refractivity contribution in [2.24, 2.45) is 10.7 Å². The monoisotopic (exact) mass is 415 g/mol. The van der Waals surface area contributed by atoms with Crippen LogP contribution in [0.5, 0.6) is 0 Å². The highest BCUT2D eigenvalue weighted by atomic mass is 79.9. The maximum absolute atomic E-state index is 6.17. The summed E-state index contributed by atoms with van der Waals surface area (Å²) >= 11 is 3.51. The fourth-order valence-electron chi connectivity index (χ4n) is 3.35. The van der Waals surface area contributed by atoms with E-state index in [2.05, 4.69) is 76.5 Å². The van der Waals surface area contributed by atoms with Gasteiger partial charge in [-0.15, -0.1) is 0 Å². The number of ether oxygens (including phenoxy) is 1. The Kier molecular flexibility index (Phi) is 5.99. The Hall–Kier alpha value is -1.85. The zero-order valence-electron chi connectivity index (χ0n) is 15.4. The van der Waals surface area contributed by atoms with Crippen LogP contribution in [0.25, 0.3) is 0 Å². The Bertz CT molecular complexity index is 780. The number of nitrogens with zero attached hydrogens (tertiary/aromatic N) is 1. The van der Waals surface area contributed by atoms with Crippen LogP contribution >= 0.6 is 15.9 Å². The maximum Gasteiger partial charge on any atom is 0.193 e. The standard InChI is InChI=1S/C21H26BrN3O/c1-15-3-8-19(13-16(15)2)25-20(23)24-14-21(9-11-26-12-10-21)17-4-6-18(22)7-5-17/h3-8,13H,9-12,14H2,1-2H3,(H3,23,24,25). The Morgan fingerprint density at radius 3 is 2.46 bits per heavy atom. The van der Waals surface area contributed by atoms with Crippen molar-refractivity contribution in [3.8, 4) is 0 Å². The predicted molar refractivity (Wildman–Crippen MR) is 112 cm³/mol. The van der Waals surface area contributed by atoms with Gasteiger partial charge in [-0.1, -0.05) is 34.1 Å². The lowest BCUT2D eigenvalue weighted by Gasteiger charge is -2.36. The first-order chi connectivity index (χ1) is 12.5. The molecule has 0 unspecified atom stereocenters. The first-order valence-corrected chi connectivity index (χ1v) is 9.76. The van der Waals surface area contributed by atoms with E-state index >= 15 is 0 Å². The van der Waals surface area contributed by atoms with E-state index in [9.17, 15) is 0 Å². The number of nitrogens with one attached hydrogen (secondary N) is 1. The zero-order chi connectivity index (χ0) is 18.6. The minimum Gasteiger partial charge on any atom is -0.381 e. The number of aryl methyl sites for hydroxylation is 2. The Morgan fingerprint density at radius 1 is 1.12 bits per heavy atom. The Balaban J connectivity index is 1.77. The highest BCUT2D eigenvalue weighted by molar-refractivity contribution is 9.10. The molecular weight excluding hydrogens is 390 g/mol. The second-order valence-electron chi connectivity index (χ2n) is 7.03. The summed E-state index contributed by atoms with van der Waals surface area (Å²) in [6, 6.07) is 14.8. The molecular formula is C21H26BrN3O. The van der Waals surface area contributed by atoms with Crippen LogP contribution in [-0.2, 0) is 10.2 Å². The first kappa shape index (κ1) is 18.9. The van der Waals surface area contributed by atoms with Gasteiger partial charge in [0.1, 0.15) is 0 Å². The molecule has 2 aromatic carbocycles. The summed E-state index contributed by atoms with van der Waals surface area (Å²) in [4.78, 5) is 4.68. The van der Waals surface area contributed by atoms with Gasteiger partial charge in [0.15, 0.2) is 5.96 Å². The van der Waals surface area contributed by atoms with E-state index in [0.717, 1.165) is 36.2 Å². The summed E-state index contributed by atoms with van der Waals surface area (Å²) in [5, 5.41) is 3.22. The number of benzene rings is 2. The van der Waals surface area contributed by atoms with Crippen molar-refractivity contribution in [3.05, 3.63) is 63.6 Å². The first-order valence-electron chi connectivity index (χ1n) is 8.96. The zero-order valence-corrected chi connectivity index (χ0v) is 17.0. The van der Waals surface area contributed by atoms with Crippen LogP contribution in [0.4, 0.5) is 5.69 Å². The molecule has 1 fully saturated rings. The normalized spacial score (nSPS) is 17.1. The molecule has 3 N–H and O–H groups in total. The maximum atomic E-state index is 6.17. The molecule has 0 atom stereocenters. The number of guanidine groups is 1. The van der Waals surface area contributed by atoms with E-state index in [-0.39, 0.29) is 5.41 Å². The number of nitrogens with two attached hydrogens (primary N) is 1. The molecule has 0 aliphatic carbocycles. The van der Waals surface area contributed by atoms with E-state index in [1.165, 1.54) is 16.7 Å². The molecule has 1 aliphatic rings. The molecule has 0 amide bonds. The topological polar surface area (TPSA) is 59.6 Å². The second kappa shape index (κ2) is 8.23. The van der Waals surface area contributed by atoms with Gasteiger partial charge >= 0.3 is 0 Å². The van der Waals surface area contributed by atoms with Gasteiger partial charge in [-0.3, -0.25) is 4.99 Å². The van der Waals surface area contributed by atoms with Crippen LogP contribution in [0.15, 0.2) is 51.9 Å². The van der Waals surface area contributed by atoms with Crippen LogP contribution < -0.4 is 11.1 Å². The number of aliphatic imine (C=N–C) groups is 1. The molecule has 3 rings (SSSR count). The minimum absolute atomic E-state index is 0.0194. The summed E-state index contributed by atoms with van der Waals surface area (Å²) in [5.41, 5.74) is 10.9. The third-order valence-corrected chi connectivity index (χ3v) is 5.77. The molecule has 138 valence electrons. The van der Waals surface area contributed by atoms with Crippen molar-refractivity contribution in [3.63, 3.8) is 0 Å². The van der Waals surface area contributed by atoms with Crippen molar-refractivity contribution in [1.29, 1.82) is 0 Å². The van der Waals surface area contributed by atoms with Crippen LogP contribution in [0.1, 0.15) is 29.5 Å². The lowest BCUT2D eigenvalue weighted by Crippen LogP contribution is -2.38. The summed E-state index contributed by atoms with van der Waals surface area (Å²) in [6.07, 6.45) is 1.91. The Labute approximate surface area is 164 Å². The van der Waals surface area contributed by atoms with Crippen molar-refractivity contribution in [2.45, 2.75) is 32.1 Å². The summed E-state index contributed by atoms with van der Waals surface area (Å²) in [7, 11) is 0. The van der Waals surface area contributed by atoms with E-state index in [4.69, 9.17) is 10.5 Å². The summed E-state index contributed by atoms with van der Waals surface area (Å²) in [6.45, 7) is 6.37. The van der Waals surface area contributed by atoms with Crippen molar-refractivity contribution < 1.29 is 4.74 Å². The van der Waals surface area contributed by atoms with E-state index in [1.54, 1.807) is 0 Å². The highest BCUT2D eigenvalue weighted by Crippen LogP contribution is 2.35. The third kappa shape index (κ3) is 4.46. The van der Waals surface area contributed by atoms with Crippen molar-refractivity contribution >= 4 is 27.6 Å². The van der Waals surface area contributed by atoms with Crippen LogP contribution in [0.3, 0.4) is 0 Å². The van der Waals surface area contributed by atoms with Gasteiger partial charge in [0.2, 0.25) is 0 Å². The van der Waals surface area contributed by atoms with Gasteiger partial charge in [-0.25, -0.2) is 0 Å². The molecule has 0 saturated carbocycles. The fourth-order valence-corrected chi connectivity index (χ4v) is 3.61.